The molecule has 0 saturated carbocycles. The van der Waals surface area contributed by atoms with Gasteiger partial charge in [-0.15, -0.1) is 0 Å². The molecular formula is C8H16N2O. The van der Waals surface area contributed by atoms with E-state index in [0.29, 0.717) is 5.92 Å². The standard InChI is InChI=1S/C8H16N2O/c1-7(11)10-6-8-3-2-4-9-5-8/h8-9H,2-6H2,1H3,(H,10,11)/t8-/m1/s1. The van der Waals surface area contributed by atoms with Crippen LogP contribution in [0.1, 0.15) is 19.8 Å². The van der Waals surface area contributed by atoms with Crippen LogP contribution in [0.2, 0.25) is 0 Å². The van der Waals surface area contributed by atoms with Crippen LogP contribution in [-0.2, 0) is 4.79 Å². The average molecular weight is 156 g/mol. The number of carbonyl (C=O) groups excluding carboxylic acids is 1. The molecule has 0 aliphatic carbocycles. The summed E-state index contributed by atoms with van der Waals surface area (Å²) in [6, 6.07) is 0. The van der Waals surface area contributed by atoms with Crippen LogP contribution in [0, 0.1) is 5.92 Å². The first-order valence-corrected chi connectivity index (χ1v) is 4.24. The number of piperidine rings is 1. The molecule has 1 rings (SSSR count). The van der Waals surface area contributed by atoms with Gasteiger partial charge in [0.2, 0.25) is 5.91 Å². The average Bonchev–Trinajstić information content (AvgIpc) is 2.03. The number of nitrogens with one attached hydrogen (secondary N) is 2. The molecule has 0 aromatic heterocycles. The summed E-state index contributed by atoms with van der Waals surface area (Å²) < 4.78 is 0. The van der Waals surface area contributed by atoms with Crippen molar-refractivity contribution in [3.8, 4) is 0 Å². The Morgan fingerprint density at radius 2 is 2.55 bits per heavy atom. The summed E-state index contributed by atoms with van der Waals surface area (Å²) in [6.45, 7) is 4.59. The van der Waals surface area contributed by atoms with Crippen LogP contribution in [-0.4, -0.2) is 25.5 Å². The number of hydrogen-bond acceptors (Lipinski definition) is 2. The first-order chi connectivity index (χ1) is 5.29. The maximum atomic E-state index is 10.6. The number of hydrogen-bond donors (Lipinski definition) is 2. The quantitative estimate of drug-likeness (QED) is 0.596. The zero-order valence-corrected chi connectivity index (χ0v) is 7.02. The molecule has 11 heavy (non-hydrogen) atoms. The summed E-state index contributed by atoms with van der Waals surface area (Å²) >= 11 is 0. The number of amides is 1. The SMILES string of the molecule is CC(=O)NC[C@@H]1CCCNC1. The lowest BCUT2D eigenvalue weighted by Crippen LogP contribution is -2.37. The van der Waals surface area contributed by atoms with Gasteiger partial charge in [-0.05, 0) is 31.8 Å². The molecule has 1 aliphatic heterocycles. The highest BCUT2D eigenvalue weighted by Gasteiger charge is 2.12. The molecule has 1 heterocycles. The van der Waals surface area contributed by atoms with Crippen molar-refractivity contribution < 1.29 is 4.79 Å². The van der Waals surface area contributed by atoms with Gasteiger partial charge in [-0.25, -0.2) is 0 Å². The van der Waals surface area contributed by atoms with Gasteiger partial charge in [-0.2, -0.15) is 0 Å². The highest BCUT2D eigenvalue weighted by molar-refractivity contribution is 5.72. The first-order valence-electron chi connectivity index (χ1n) is 4.24. The summed E-state index contributed by atoms with van der Waals surface area (Å²) in [7, 11) is 0. The third-order valence-corrected chi connectivity index (χ3v) is 2.04. The van der Waals surface area contributed by atoms with E-state index in [1.54, 1.807) is 6.92 Å². The minimum atomic E-state index is 0.0792. The number of rotatable bonds is 2. The van der Waals surface area contributed by atoms with Crippen molar-refractivity contribution >= 4 is 5.91 Å². The van der Waals surface area contributed by atoms with Crippen LogP contribution in [0.5, 0.6) is 0 Å². The van der Waals surface area contributed by atoms with Gasteiger partial charge in [-0.1, -0.05) is 0 Å². The first kappa shape index (κ1) is 8.53. The molecule has 0 aromatic rings. The summed E-state index contributed by atoms with van der Waals surface area (Å²) in [5.41, 5.74) is 0. The van der Waals surface area contributed by atoms with Crippen LogP contribution in [0.15, 0.2) is 0 Å². The molecule has 0 aromatic carbocycles. The minimum Gasteiger partial charge on any atom is -0.356 e. The maximum Gasteiger partial charge on any atom is 0.216 e. The van der Waals surface area contributed by atoms with Gasteiger partial charge in [0.15, 0.2) is 0 Å². The van der Waals surface area contributed by atoms with E-state index < -0.39 is 0 Å². The van der Waals surface area contributed by atoms with Crippen LogP contribution in [0.25, 0.3) is 0 Å². The molecule has 0 unspecified atom stereocenters. The normalized spacial score (nSPS) is 24.6. The van der Waals surface area contributed by atoms with Crippen LogP contribution in [0.4, 0.5) is 0 Å². The van der Waals surface area contributed by atoms with Gasteiger partial charge in [0, 0.05) is 13.5 Å². The van der Waals surface area contributed by atoms with Gasteiger partial charge < -0.3 is 10.6 Å². The van der Waals surface area contributed by atoms with E-state index in [0.717, 1.165) is 19.6 Å². The summed E-state index contributed by atoms with van der Waals surface area (Å²) in [4.78, 5) is 10.6. The monoisotopic (exact) mass is 156 g/mol. The molecular weight excluding hydrogens is 140 g/mol. The molecule has 0 bridgehead atoms. The fourth-order valence-electron chi connectivity index (χ4n) is 1.39. The zero-order chi connectivity index (χ0) is 8.10. The van der Waals surface area contributed by atoms with Crippen molar-refractivity contribution in [3.63, 3.8) is 0 Å². The van der Waals surface area contributed by atoms with Crippen molar-refractivity contribution in [1.82, 2.24) is 10.6 Å². The Hall–Kier alpha value is -0.570. The lowest BCUT2D eigenvalue weighted by Gasteiger charge is -2.22. The van der Waals surface area contributed by atoms with Crippen molar-refractivity contribution in [2.45, 2.75) is 19.8 Å². The Morgan fingerprint density at radius 3 is 3.09 bits per heavy atom. The van der Waals surface area contributed by atoms with E-state index in [4.69, 9.17) is 0 Å². The van der Waals surface area contributed by atoms with Crippen molar-refractivity contribution in [3.05, 3.63) is 0 Å². The molecule has 64 valence electrons. The van der Waals surface area contributed by atoms with Crippen LogP contribution < -0.4 is 10.6 Å². The second-order valence-corrected chi connectivity index (χ2v) is 3.15. The highest BCUT2D eigenvalue weighted by atomic mass is 16.1. The van der Waals surface area contributed by atoms with Crippen LogP contribution >= 0.6 is 0 Å². The maximum absolute atomic E-state index is 10.6. The molecule has 3 nitrogen and oxygen atoms in total. The summed E-state index contributed by atoms with van der Waals surface area (Å²) in [5, 5.41) is 6.14. The lowest BCUT2D eigenvalue weighted by atomic mass is 10.00. The molecule has 1 fully saturated rings. The van der Waals surface area contributed by atoms with Crippen molar-refractivity contribution in [1.29, 1.82) is 0 Å². The summed E-state index contributed by atoms with van der Waals surface area (Å²) in [6.07, 6.45) is 2.48. The Balaban J connectivity index is 2.09. The fraction of sp³-hybridized carbons (Fsp3) is 0.875. The smallest absolute Gasteiger partial charge is 0.216 e. The lowest BCUT2D eigenvalue weighted by molar-refractivity contribution is -0.119. The van der Waals surface area contributed by atoms with Gasteiger partial charge in [0.1, 0.15) is 0 Å². The Bertz CT molecular complexity index is 130. The van der Waals surface area contributed by atoms with Crippen molar-refractivity contribution in [2.75, 3.05) is 19.6 Å². The van der Waals surface area contributed by atoms with Gasteiger partial charge in [0.25, 0.3) is 0 Å². The molecule has 1 atom stereocenters. The molecule has 0 radical (unpaired) electrons. The third-order valence-electron chi connectivity index (χ3n) is 2.04. The number of carbonyl (C=O) groups is 1. The Morgan fingerprint density at radius 1 is 1.73 bits per heavy atom. The minimum absolute atomic E-state index is 0.0792. The van der Waals surface area contributed by atoms with E-state index >= 15 is 0 Å². The fourth-order valence-corrected chi connectivity index (χ4v) is 1.39. The van der Waals surface area contributed by atoms with E-state index in [2.05, 4.69) is 10.6 Å². The Kier molecular flexibility index (Phi) is 3.36. The molecule has 3 heteroatoms. The topological polar surface area (TPSA) is 41.1 Å². The predicted molar refractivity (Wildman–Crippen MR) is 44.3 cm³/mol. The van der Waals surface area contributed by atoms with E-state index in [1.165, 1.54) is 12.8 Å². The van der Waals surface area contributed by atoms with E-state index in [9.17, 15) is 4.79 Å². The predicted octanol–water partition coefficient (Wildman–Crippen LogP) is 0.122. The third kappa shape index (κ3) is 3.37. The zero-order valence-electron chi connectivity index (χ0n) is 7.02. The van der Waals surface area contributed by atoms with Gasteiger partial charge in [0.05, 0.1) is 0 Å². The molecule has 1 saturated heterocycles. The molecule has 1 amide bonds. The largest absolute Gasteiger partial charge is 0.356 e. The van der Waals surface area contributed by atoms with Crippen molar-refractivity contribution in [2.24, 2.45) is 5.92 Å². The highest BCUT2D eigenvalue weighted by Crippen LogP contribution is 2.07. The Labute approximate surface area is 67.5 Å². The summed E-state index contributed by atoms with van der Waals surface area (Å²) in [5.74, 6) is 0.725. The van der Waals surface area contributed by atoms with E-state index in [1.807, 2.05) is 0 Å². The van der Waals surface area contributed by atoms with Gasteiger partial charge >= 0.3 is 0 Å². The second kappa shape index (κ2) is 4.34. The van der Waals surface area contributed by atoms with Gasteiger partial charge in [-0.3, -0.25) is 4.79 Å². The van der Waals surface area contributed by atoms with Crippen LogP contribution in [0.3, 0.4) is 0 Å². The molecule has 0 spiro atoms. The van der Waals surface area contributed by atoms with E-state index in [-0.39, 0.29) is 5.91 Å². The molecule has 2 N–H and O–H groups in total. The molecule has 1 aliphatic rings. The second-order valence-electron chi connectivity index (χ2n) is 3.15.